The van der Waals surface area contributed by atoms with E-state index >= 15 is 0 Å². The Hall–Kier alpha value is -1.92. The average molecular weight is 334 g/mol. The first-order valence-corrected chi connectivity index (χ1v) is 8.03. The third kappa shape index (κ3) is 3.38. The van der Waals surface area contributed by atoms with E-state index in [1.165, 1.54) is 0 Å². The molecule has 2 aromatic heterocycles. The average Bonchev–Trinajstić information content (AvgIpc) is 2.82. The summed E-state index contributed by atoms with van der Waals surface area (Å²) >= 11 is 6.30. The van der Waals surface area contributed by atoms with E-state index in [1.807, 2.05) is 18.9 Å². The maximum Gasteiger partial charge on any atom is 0.254 e. The third-order valence-electron chi connectivity index (χ3n) is 4.24. The van der Waals surface area contributed by atoms with Crippen molar-refractivity contribution in [2.45, 2.75) is 13.5 Å². The van der Waals surface area contributed by atoms with Crippen LogP contribution in [0.15, 0.2) is 24.5 Å². The number of piperazine rings is 1. The largest absolute Gasteiger partial charge is 0.336 e. The molecule has 6 nitrogen and oxygen atoms in total. The van der Waals surface area contributed by atoms with Crippen LogP contribution in [-0.2, 0) is 13.6 Å². The van der Waals surface area contributed by atoms with E-state index in [4.69, 9.17) is 11.6 Å². The molecule has 3 heterocycles. The molecule has 1 aliphatic heterocycles. The van der Waals surface area contributed by atoms with Gasteiger partial charge in [-0.2, -0.15) is 5.10 Å². The number of amides is 1. The van der Waals surface area contributed by atoms with Crippen LogP contribution in [0.4, 0.5) is 0 Å². The summed E-state index contributed by atoms with van der Waals surface area (Å²) < 4.78 is 1.70. The van der Waals surface area contributed by atoms with E-state index < -0.39 is 0 Å². The molecule has 0 radical (unpaired) electrons. The Morgan fingerprint density at radius 2 is 1.87 bits per heavy atom. The number of aromatic nitrogens is 3. The normalized spacial score (nSPS) is 15.9. The fourth-order valence-corrected chi connectivity index (χ4v) is 3.10. The van der Waals surface area contributed by atoms with Crippen molar-refractivity contribution < 1.29 is 4.79 Å². The lowest BCUT2D eigenvalue weighted by molar-refractivity contribution is 0.0628. The van der Waals surface area contributed by atoms with Gasteiger partial charge in [0.05, 0.1) is 5.69 Å². The van der Waals surface area contributed by atoms with Crippen molar-refractivity contribution in [3.8, 4) is 0 Å². The summed E-state index contributed by atoms with van der Waals surface area (Å²) in [5, 5.41) is 5.04. The molecule has 23 heavy (non-hydrogen) atoms. The Balaban J connectivity index is 1.59. The van der Waals surface area contributed by atoms with Gasteiger partial charge in [0.25, 0.3) is 5.91 Å². The Morgan fingerprint density at radius 3 is 2.43 bits per heavy atom. The molecule has 122 valence electrons. The smallest absolute Gasteiger partial charge is 0.254 e. The van der Waals surface area contributed by atoms with Gasteiger partial charge in [0.15, 0.2) is 0 Å². The number of halogens is 1. The van der Waals surface area contributed by atoms with Gasteiger partial charge < -0.3 is 4.90 Å². The van der Waals surface area contributed by atoms with Crippen LogP contribution in [0, 0.1) is 6.92 Å². The minimum absolute atomic E-state index is 0.0719. The highest BCUT2D eigenvalue weighted by molar-refractivity contribution is 6.30. The van der Waals surface area contributed by atoms with Gasteiger partial charge in [-0.25, -0.2) is 0 Å². The third-order valence-corrected chi connectivity index (χ3v) is 4.71. The predicted octanol–water partition coefficient (Wildman–Crippen LogP) is 1.73. The fourth-order valence-electron chi connectivity index (χ4n) is 2.86. The first-order valence-electron chi connectivity index (χ1n) is 7.66. The number of rotatable bonds is 3. The number of aryl methyl sites for hydroxylation is 2. The summed E-state index contributed by atoms with van der Waals surface area (Å²) in [4.78, 5) is 20.6. The fraction of sp³-hybridized carbons (Fsp3) is 0.438. The zero-order chi connectivity index (χ0) is 16.4. The minimum atomic E-state index is 0.0719. The van der Waals surface area contributed by atoms with E-state index in [0.717, 1.165) is 44.0 Å². The SMILES string of the molecule is Cc1nn(C)c(Cl)c1CN1CCN(C(=O)c2ccncc2)CC1. The summed E-state index contributed by atoms with van der Waals surface area (Å²) in [6, 6.07) is 3.51. The van der Waals surface area contributed by atoms with Crippen molar-refractivity contribution in [2.75, 3.05) is 26.2 Å². The molecule has 0 atom stereocenters. The molecule has 1 amide bonds. The van der Waals surface area contributed by atoms with Gasteiger partial charge in [0.1, 0.15) is 5.15 Å². The van der Waals surface area contributed by atoms with Crippen LogP contribution in [0.25, 0.3) is 0 Å². The molecule has 0 unspecified atom stereocenters. The summed E-state index contributed by atoms with van der Waals surface area (Å²) in [5.41, 5.74) is 2.73. The van der Waals surface area contributed by atoms with Crippen LogP contribution in [0.3, 0.4) is 0 Å². The van der Waals surface area contributed by atoms with Gasteiger partial charge in [-0.1, -0.05) is 11.6 Å². The van der Waals surface area contributed by atoms with E-state index in [2.05, 4.69) is 15.0 Å². The van der Waals surface area contributed by atoms with Crippen LogP contribution < -0.4 is 0 Å². The molecule has 0 N–H and O–H groups in total. The van der Waals surface area contributed by atoms with E-state index in [9.17, 15) is 4.79 Å². The second-order valence-electron chi connectivity index (χ2n) is 5.78. The molecule has 1 saturated heterocycles. The summed E-state index contributed by atoms with van der Waals surface area (Å²) in [5.74, 6) is 0.0719. The molecule has 2 aromatic rings. The highest BCUT2D eigenvalue weighted by Crippen LogP contribution is 2.21. The lowest BCUT2D eigenvalue weighted by Crippen LogP contribution is -2.48. The standard InChI is InChI=1S/C16H20ClN5O/c1-12-14(15(17)20(2)19-12)11-21-7-9-22(10-8-21)16(23)13-3-5-18-6-4-13/h3-6H,7-11H2,1-2H3. The van der Waals surface area contributed by atoms with Crippen LogP contribution in [0.2, 0.25) is 5.15 Å². The highest BCUT2D eigenvalue weighted by atomic mass is 35.5. The van der Waals surface area contributed by atoms with Crippen molar-refractivity contribution in [3.63, 3.8) is 0 Å². The molecule has 7 heteroatoms. The zero-order valence-electron chi connectivity index (χ0n) is 13.4. The second kappa shape index (κ2) is 6.68. The van der Waals surface area contributed by atoms with E-state index in [1.54, 1.807) is 29.2 Å². The first kappa shape index (κ1) is 16.0. The van der Waals surface area contributed by atoms with Crippen molar-refractivity contribution in [3.05, 3.63) is 46.5 Å². The second-order valence-corrected chi connectivity index (χ2v) is 6.14. The Bertz CT molecular complexity index is 692. The number of hydrogen-bond acceptors (Lipinski definition) is 4. The number of pyridine rings is 1. The predicted molar refractivity (Wildman–Crippen MR) is 88.4 cm³/mol. The van der Waals surface area contributed by atoms with Crippen molar-refractivity contribution >= 4 is 17.5 Å². The topological polar surface area (TPSA) is 54.3 Å². The number of carbonyl (C=O) groups is 1. The molecule has 0 aromatic carbocycles. The van der Waals surface area contributed by atoms with Crippen molar-refractivity contribution in [2.24, 2.45) is 7.05 Å². The van der Waals surface area contributed by atoms with Gasteiger partial charge in [0.2, 0.25) is 0 Å². The Morgan fingerprint density at radius 1 is 1.22 bits per heavy atom. The van der Waals surface area contributed by atoms with Gasteiger partial charge in [-0.3, -0.25) is 19.4 Å². The molecule has 0 bridgehead atoms. The highest BCUT2D eigenvalue weighted by Gasteiger charge is 2.23. The number of hydrogen-bond donors (Lipinski definition) is 0. The molecule has 1 fully saturated rings. The maximum atomic E-state index is 12.4. The van der Waals surface area contributed by atoms with Gasteiger partial charge in [-0.05, 0) is 19.1 Å². The molecule has 0 saturated carbocycles. The van der Waals surface area contributed by atoms with Crippen LogP contribution >= 0.6 is 11.6 Å². The molecular formula is C16H20ClN5O. The summed E-state index contributed by atoms with van der Waals surface area (Å²) in [7, 11) is 1.85. The van der Waals surface area contributed by atoms with Crippen LogP contribution in [0.1, 0.15) is 21.6 Å². The van der Waals surface area contributed by atoms with Gasteiger partial charge >= 0.3 is 0 Å². The Kier molecular flexibility index (Phi) is 4.63. The van der Waals surface area contributed by atoms with Crippen molar-refractivity contribution in [1.29, 1.82) is 0 Å². The minimum Gasteiger partial charge on any atom is -0.336 e. The van der Waals surface area contributed by atoms with Crippen LogP contribution in [-0.4, -0.2) is 56.7 Å². The number of carbonyl (C=O) groups excluding carboxylic acids is 1. The molecule has 3 rings (SSSR count). The van der Waals surface area contributed by atoms with E-state index in [0.29, 0.717) is 10.7 Å². The molecular weight excluding hydrogens is 314 g/mol. The monoisotopic (exact) mass is 333 g/mol. The first-order chi connectivity index (χ1) is 11.1. The maximum absolute atomic E-state index is 12.4. The lowest BCUT2D eigenvalue weighted by Gasteiger charge is -2.34. The summed E-state index contributed by atoms with van der Waals surface area (Å²) in [6.07, 6.45) is 3.30. The summed E-state index contributed by atoms with van der Waals surface area (Å²) in [6.45, 7) is 5.86. The van der Waals surface area contributed by atoms with Gasteiger partial charge in [-0.15, -0.1) is 0 Å². The quantitative estimate of drug-likeness (QED) is 0.858. The van der Waals surface area contributed by atoms with Crippen LogP contribution in [0.5, 0.6) is 0 Å². The molecule has 0 aliphatic carbocycles. The Labute approximate surface area is 140 Å². The zero-order valence-corrected chi connectivity index (χ0v) is 14.1. The molecule has 1 aliphatic rings. The lowest BCUT2D eigenvalue weighted by atomic mass is 10.2. The molecule has 0 spiro atoms. The number of nitrogens with zero attached hydrogens (tertiary/aromatic N) is 5. The van der Waals surface area contributed by atoms with Gasteiger partial charge in [0, 0.05) is 63.3 Å². The van der Waals surface area contributed by atoms with Crippen molar-refractivity contribution in [1.82, 2.24) is 24.6 Å². The van der Waals surface area contributed by atoms with E-state index in [-0.39, 0.29) is 5.91 Å².